The number of nitrogens with zero attached hydrogens (tertiary/aromatic N) is 1. The van der Waals surface area contributed by atoms with Gasteiger partial charge < -0.3 is 10.1 Å². The van der Waals surface area contributed by atoms with Gasteiger partial charge in [0.05, 0.1) is 7.11 Å². The van der Waals surface area contributed by atoms with Gasteiger partial charge in [0, 0.05) is 23.6 Å². The molecule has 1 spiro atoms. The highest BCUT2D eigenvalue weighted by molar-refractivity contribution is 9.10. The highest BCUT2D eigenvalue weighted by Crippen LogP contribution is 2.36. The second kappa shape index (κ2) is 8.49. The predicted octanol–water partition coefficient (Wildman–Crippen LogP) is 2.46. The van der Waals surface area contributed by atoms with Crippen LogP contribution in [0.3, 0.4) is 0 Å². The van der Waals surface area contributed by atoms with E-state index in [9.17, 15) is 13.2 Å². The van der Waals surface area contributed by atoms with Crippen molar-refractivity contribution in [3.63, 3.8) is 0 Å². The van der Waals surface area contributed by atoms with Gasteiger partial charge in [0.1, 0.15) is 21.9 Å². The molecule has 10 heteroatoms. The summed E-state index contributed by atoms with van der Waals surface area (Å²) in [6.45, 7) is 0.571. The van der Waals surface area contributed by atoms with Gasteiger partial charge in [0.2, 0.25) is 10.0 Å². The van der Waals surface area contributed by atoms with Crippen molar-refractivity contribution in [1.29, 1.82) is 0 Å². The van der Waals surface area contributed by atoms with Crippen LogP contribution in [0, 0.1) is 0 Å². The topological polar surface area (TPSA) is 97.0 Å². The fraction of sp³-hybridized carbons (Fsp3) is 0.550. The van der Waals surface area contributed by atoms with Crippen molar-refractivity contribution in [2.75, 3.05) is 20.2 Å². The molecule has 0 bridgehead atoms. The van der Waals surface area contributed by atoms with E-state index in [0.29, 0.717) is 28.8 Å². The number of nitrogens with one attached hydrogen (secondary N) is 2. The summed E-state index contributed by atoms with van der Waals surface area (Å²) >= 11 is 3.33. The Hall–Kier alpha value is -1.62. The Bertz CT molecular complexity index is 951. The first-order valence-corrected chi connectivity index (χ1v) is 12.4. The summed E-state index contributed by atoms with van der Waals surface area (Å²) in [4.78, 5) is 18.4. The molecule has 2 N–H and O–H groups in total. The van der Waals surface area contributed by atoms with Crippen LogP contribution in [-0.4, -0.2) is 50.5 Å². The number of hydrogen-bond donors (Lipinski definition) is 2. The number of ether oxygens (including phenoxy) is 1. The predicted molar refractivity (Wildman–Crippen MR) is 114 cm³/mol. The number of carbonyl (C=O) groups excluding carboxylic acids is 1. The van der Waals surface area contributed by atoms with Crippen molar-refractivity contribution >= 4 is 31.9 Å². The third kappa shape index (κ3) is 4.23. The average Bonchev–Trinajstić information content (AvgIpc) is 3.39. The Kier molecular flexibility index (Phi) is 6.11. The minimum atomic E-state index is -3.72. The third-order valence-electron chi connectivity index (χ3n) is 6.02. The molecule has 1 saturated heterocycles. The van der Waals surface area contributed by atoms with Crippen molar-refractivity contribution in [2.45, 2.75) is 55.1 Å². The van der Waals surface area contributed by atoms with Gasteiger partial charge in [-0.1, -0.05) is 28.8 Å². The monoisotopic (exact) mass is 499 g/mol. The minimum absolute atomic E-state index is 0.132. The molecule has 8 nitrogen and oxygen atoms in total. The van der Waals surface area contributed by atoms with Gasteiger partial charge >= 0.3 is 0 Å². The number of amides is 1. The summed E-state index contributed by atoms with van der Waals surface area (Å²) < 4.78 is 33.7. The Morgan fingerprint density at radius 1 is 1.30 bits per heavy atom. The molecule has 2 aliphatic heterocycles. The van der Waals surface area contributed by atoms with E-state index < -0.39 is 15.6 Å². The van der Waals surface area contributed by atoms with Crippen LogP contribution in [0.15, 0.2) is 39.3 Å². The van der Waals surface area contributed by atoms with Gasteiger partial charge in [-0.3, -0.25) is 15.1 Å². The van der Waals surface area contributed by atoms with Crippen LogP contribution in [0.25, 0.3) is 0 Å². The van der Waals surface area contributed by atoms with E-state index in [-0.39, 0.29) is 29.9 Å². The van der Waals surface area contributed by atoms with Crippen LogP contribution in [0.1, 0.15) is 38.5 Å². The number of methoxy groups -OCH3 is 1. The van der Waals surface area contributed by atoms with Gasteiger partial charge in [-0.05, 0) is 50.0 Å². The fourth-order valence-electron chi connectivity index (χ4n) is 4.27. The maximum atomic E-state index is 13.2. The molecule has 3 aliphatic rings. The molecular weight excluding hydrogens is 474 g/mol. The van der Waals surface area contributed by atoms with Crippen LogP contribution in [0.5, 0.6) is 5.75 Å². The highest BCUT2D eigenvalue weighted by atomic mass is 79.9. The summed E-state index contributed by atoms with van der Waals surface area (Å²) in [5.74, 6) is 0.149. The zero-order chi connectivity index (χ0) is 21.4. The molecule has 1 aromatic carbocycles. The number of hydroxylamine groups is 1. The largest absolute Gasteiger partial charge is 0.495 e. The standard InChI is InChI=1S/C20H26BrN3O5S/c1-28-17-7-6-14(21)12-18(17)30(26,27)24-10-8-20(9-11-24)13-16(23-29-20)19(25)22-15-4-2-3-5-15/h6-7,12-13,15,23H,2-5,8-11H2,1H3,(H,22,25). The van der Waals surface area contributed by atoms with E-state index >= 15 is 0 Å². The van der Waals surface area contributed by atoms with Gasteiger partial charge in [0.15, 0.2) is 0 Å². The lowest BCUT2D eigenvalue weighted by Crippen LogP contribution is -2.46. The van der Waals surface area contributed by atoms with E-state index in [2.05, 4.69) is 26.7 Å². The molecule has 1 aliphatic carbocycles. The third-order valence-corrected chi connectivity index (χ3v) is 8.43. The molecule has 0 atom stereocenters. The summed E-state index contributed by atoms with van der Waals surface area (Å²) in [7, 11) is -2.26. The number of carbonyl (C=O) groups is 1. The molecule has 2 fully saturated rings. The van der Waals surface area contributed by atoms with Crippen molar-refractivity contribution in [3.05, 3.63) is 34.4 Å². The summed E-state index contributed by atoms with van der Waals surface area (Å²) in [6, 6.07) is 5.15. The number of rotatable bonds is 5. The van der Waals surface area contributed by atoms with Crippen molar-refractivity contribution in [2.24, 2.45) is 0 Å². The summed E-state index contributed by atoms with van der Waals surface area (Å²) in [5.41, 5.74) is 2.49. The lowest BCUT2D eigenvalue weighted by atomic mass is 9.92. The van der Waals surface area contributed by atoms with Crippen LogP contribution in [0.4, 0.5) is 0 Å². The van der Waals surface area contributed by atoms with Crippen LogP contribution < -0.4 is 15.5 Å². The number of benzene rings is 1. The van der Waals surface area contributed by atoms with E-state index in [4.69, 9.17) is 9.57 Å². The van der Waals surface area contributed by atoms with Crippen LogP contribution in [0.2, 0.25) is 0 Å². The van der Waals surface area contributed by atoms with Gasteiger partial charge in [-0.25, -0.2) is 8.42 Å². The van der Waals surface area contributed by atoms with Crippen molar-refractivity contribution in [3.8, 4) is 5.75 Å². The smallest absolute Gasteiger partial charge is 0.269 e. The zero-order valence-electron chi connectivity index (χ0n) is 16.8. The molecule has 30 heavy (non-hydrogen) atoms. The second-order valence-corrected chi connectivity index (χ2v) is 10.8. The fourth-order valence-corrected chi connectivity index (χ4v) is 6.40. The zero-order valence-corrected chi connectivity index (χ0v) is 19.2. The summed E-state index contributed by atoms with van der Waals surface area (Å²) in [6.07, 6.45) is 7.02. The molecule has 1 saturated carbocycles. The maximum absolute atomic E-state index is 13.2. The number of piperidine rings is 1. The minimum Gasteiger partial charge on any atom is -0.495 e. The molecule has 0 radical (unpaired) electrons. The van der Waals surface area contributed by atoms with Crippen LogP contribution in [-0.2, 0) is 19.7 Å². The SMILES string of the molecule is COc1ccc(Br)cc1S(=O)(=O)N1CCC2(C=C(C(=O)NC3CCCC3)NO2)CC1. The first kappa shape index (κ1) is 21.6. The Balaban J connectivity index is 1.44. The van der Waals surface area contributed by atoms with E-state index in [1.54, 1.807) is 24.3 Å². The summed E-state index contributed by atoms with van der Waals surface area (Å²) in [5, 5.41) is 3.04. The molecule has 0 unspecified atom stereocenters. The molecular formula is C20H26BrN3O5S. The van der Waals surface area contributed by atoms with E-state index in [1.165, 1.54) is 11.4 Å². The van der Waals surface area contributed by atoms with Crippen molar-refractivity contribution in [1.82, 2.24) is 15.1 Å². The van der Waals surface area contributed by atoms with Crippen molar-refractivity contribution < 1.29 is 22.8 Å². The normalized spacial score (nSPS) is 22.0. The van der Waals surface area contributed by atoms with Crippen LogP contribution >= 0.6 is 15.9 Å². The lowest BCUT2D eigenvalue weighted by molar-refractivity contribution is -0.120. The van der Waals surface area contributed by atoms with Gasteiger partial charge in [-0.2, -0.15) is 4.31 Å². The Morgan fingerprint density at radius 2 is 2.00 bits per heavy atom. The second-order valence-electron chi connectivity index (χ2n) is 7.98. The molecule has 1 amide bonds. The highest BCUT2D eigenvalue weighted by Gasteiger charge is 2.43. The first-order valence-electron chi connectivity index (χ1n) is 10.1. The number of sulfonamides is 1. The quantitative estimate of drug-likeness (QED) is 0.645. The molecule has 164 valence electrons. The maximum Gasteiger partial charge on any atom is 0.269 e. The number of halogens is 1. The van der Waals surface area contributed by atoms with Gasteiger partial charge in [-0.15, -0.1) is 0 Å². The Labute approximate surface area is 185 Å². The van der Waals surface area contributed by atoms with Gasteiger partial charge in [0.25, 0.3) is 5.91 Å². The number of hydrogen-bond acceptors (Lipinski definition) is 6. The lowest BCUT2D eigenvalue weighted by Gasteiger charge is -2.36. The molecule has 0 aromatic heterocycles. The molecule has 2 heterocycles. The molecule has 4 rings (SSSR count). The Morgan fingerprint density at radius 3 is 2.67 bits per heavy atom. The molecule has 1 aromatic rings. The van der Waals surface area contributed by atoms with E-state index in [1.807, 2.05) is 0 Å². The average molecular weight is 500 g/mol. The first-order chi connectivity index (χ1) is 14.3. The van der Waals surface area contributed by atoms with E-state index in [0.717, 1.165) is 25.7 Å².